The standard InChI is InChI=1S/C15H24N2O2/c1-4-5-8-13(10-11-16-3)15-12(2)7-6-9-14(15)19-17-18/h6-9,16-18H,4-5,10-11H2,1-3H3/b13-8-. The number of allylic oxidation sites excluding steroid dienone is 1. The monoisotopic (exact) mass is 264 g/mol. The fourth-order valence-electron chi connectivity index (χ4n) is 2.09. The summed E-state index contributed by atoms with van der Waals surface area (Å²) < 4.78 is 0. The zero-order valence-corrected chi connectivity index (χ0v) is 12.0. The lowest BCUT2D eigenvalue weighted by atomic mass is 9.95. The minimum absolute atomic E-state index is 0.654. The summed E-state index contributed by atoms with van der Waals surface area (Å²) in [5.41, 5.74) is 5.23. The van der Waals surface area contributed by atoms with E-state index < -0.39 is 0 Å². The van der Waals surface area contributed by atoms with Crippen molar-refractivity contribution < 1.29 is 10.0 Å². The van der Waals surface area contributed by atoms with Crippen LogP contribution in [0.2, 0.25) is 0 Å². The van der Waals surface area contributed by atoms with Gasteiger partial charge in [0.15, 0.2) is 5.75 Å². The van der Waals surface area contributed by atoms with Crippen molar-refractivity contribution in [1.29, 1.82) is 0 Å². The van der Waals surface area contributed by atoms with Crippen LogP contribution >= 0.6 is 0 Å². The lowest BCUT2D eigenvalue weighted by molar-refractivity contribution is -0.0438. The van der Waals surface area contributed by atoms with Crippen LogP contribution in [0.15, 0.2) is 24.3 Å². The molecule has 0 fully saturated rings. The molecule has 3 N–H and O–H groups in total. The summed E-state index contributed by atoms with van der Waals surface area (Å²) in [7, 11) is 1.95. The molecular formula is C15H24N2O2. The van der Waals surface area contributed by atoms with E-state index in [9.17, 15) is 0 Å². The molecule has 0 heterocycles. The van der Waals surface area contributed by atoms with Crippen LogP contribution < -0.4 is 15.8 Å². The van der Waals surface area contributed by atoms with Crippen LogP contribution in [0, 0.1) is 6.92 Å². The summed E-state index contributed by atoms with van der Waals surface area (Å²) in [5, 5.41) is 11.9. The summed E-state index contributed by atoms with van der Waals surface area (Å²) in [4.78, 5) is 5.10. The maximum atomic E-state index is 8.76. The van der Waals surface area contributed by atoms with Crippen molar-refractivity contribution >= 4 is 5.57 Å². The Morgan fingerprint density at radius 3 is 2.84 bits per heavy atom. The van der Waals surface area contributed by atoms with Gasteiger partial charge in [0.25, 0.3) is 0 Å². The summed E-state index contributed by atoms with van der Waals surface area (Å²) in [6, 6.07) is 5.82. The third-order valence-corrected chi connectivity index (χ3v) is 3.04. The highest BCUT2D eigenvalue weighted by molar-refractivity contribution is 5.73. The van der Waals surface area contributed by atoms with Gasteiger partial charge in [-0.3, -0.25) is 5.21 Å². The zero-order chi connectivity index (χ0) is 14.1. The number of hydrogen-bond acceptors (Lipinski definition) is 4. The zero-order valence-electron chi connectivity index (χ0n) is 12.0. The molecule has 4 nitrogen and oxygen atoms in total. The largest absolute Gasteiger partial charge is 0.383 e. The van der Waals surface area contributed by atoms with Crippen LogP contribution in [0.1, 0.15) is 37.3 Å². The van der Waals surface area contributed by atoms with Gasteiger partial charge in [-0.15, -0.1) is 0 Å². The molecule has 0 unspecified atom stereocenters. The van der Waals surface area contributed by atoms with Gasteiger partial charge in [-0.05, 0) is 56.2 Å². The van der Waals surface area contributed by atoms with Gasteiger partial charge in [0.2, 0.25) is 0 Å². The maximum Gasteiger partial charge on any atom is 0.157 e. The third-order valence-electron chi connectivity index (χ3n) is 3.04. The molecule has 1 rings (SSSR count). The minimum atomic E-state index is 0.654. The van der Waals surface area contributed by atoms with E-state index in [4.69, 9.17) is 10.0 Å². The quantitative estimate of drug-likeness (QED) is 0.632. The van der Waals surface area contributed by atoms with Crippen molar-refractivity contribution in [3.05, 3.63) is 35.4 Å². The second-order valence-corrected chi connectivity index (χ2v) is 4.51. The Hall–Kier alpha value is -1.36. The molecule has 0 radical (unpaired) electrons. The van der Waals surface area contributed by atoms with Crippen molar-refractivity contribution in [2.75, 3.05) is 13.6 Å². The van der Waals surface area contributed by atoms with Crippen molar-refractivity contribution in [2.45, 2.75) is 33.1 Å². The van der Waals surface area contributed by atoms with Crippen LogP contribution in [-0.2, 0) is 0 Å². The van der Waals surface area contributed by atoms with E-state index in [1.807, 2.05) is 19.2 Å². The lowest BCUT2D eigenvalue weighted by Crippen LogP contribution is -2.14. The Morgan fingerprint density at radius 2 is 2.21 bits per heavy atom. The SMILES string of the molecule is CCC/C=C(/CCNC)c1c(C)cccc1ONO. The molecule has 1 aromatic rings. The third kappa shape index (κ3) is 4.67. The first-order valence-corrected chi connectivity index (χ1v) is 6.74. The maximum absolute atomic E-state index is 8.76. The Kier molecular flexibility index (Phi) is 7.18. The molecule has 0 saturated carbocycles. The molecule has 106 valence electrons. The average Bonchev–Trinajstić information content (AvgIpc) is 2.41. The van der Waals surface area contributed by atoms with Gasteiger partial charge in [0.1, 0.15) is 0 Å². The highest BCUT2D eigenvalue weighted by atomic mass is 16.8. The molecule has 19 heavy (non-hydrogen) atoms. The van der Waals surface area contributed by atoms with Gasteiger partial charge in [-0.2, -0.15) is 0 Å². The Labute approximate surface area is 115 Å². The van der Waals surface area contributed by atoms with E-state index in [-0.39, 0.29) is 0 Å². The first-order valence-electron chi connectivity index (χ1n) is 6.74. The van der Waals surface area contributed by atoms with Gasteiger partial charge in [0.05, 0.1) is 0 Å². The predicted octanol–water partition coefficient (Wildman–Crippen LogP) is 3.06. The normalized spacial score (nSPS) is 11.7. The second-order valence-electron chi connectivity index (χ2n) is 4.51. The van der Waals surface area contributed by atoms with Crippen LogP contribution in [0.5, 0.6) is 5.75 Å². The van der Waals surface area contributed by atoms with Gasteiger partial charge in [-0.25, -0.2) is 0 Å². The van der Waals surface area contributed by atoms with Crippen LogP contribution in [0.3, 0.4) is 0 Å². The van der Waals surface area contributed by atoms with E-state index in [2.05, 4.69) is 31.3 Å². The molecule has 1 aromatic carbocycles. The van der Waals surface area contributed by atoms with Crippen LogP contribution in [0.25, 0.3) is 5.57 Å². The van der Waals surface area contributed by atoms with E-state index >= 15 is 0 Å². The van der Waals surface area contributed by atoms with Gasteiger partial charge in [-0.1, -0.05) is 31.6 Å². The molecule has 0 spiro atoms. The number of benzene rings is 1. The molecule has 0 amide bonds. The Morgan fingerprint density at radius 1 is 1.42 bits per heavy atom. The smallest absolute Gasteiger partial charge is 0.157 e. The fraction of sp³-hybridized carbons (Fsp3) is 0.467. The second kappa shape index (κ2) is 8.69. The van der Waals surface area contributed by atoms with Gasteiger partial charge < -0.3 is 10.2 Å². The molecule has 0 saturated heterocycles. The van der Waals surface area contributed by atoms with Crippen molar-refractivity contribution in [2.24, 2.45) is 0 Å². The summed E-state index contributed by atoms with van der Waals surface area (Å²) in [6.07, 6.45) is 5.34. The van der Waals surface area contributed by atoms with E-state index in [1.54, 1.807) is 5.64 Å². The highest BCUT2D eigenvalue weighted by Crippen LogP contribution is 2.31. The molecule has 0 aliphatic rings. The van der Waals surface area contributed by atoms with E-state index in [0.717, 1.165) is 36.9 Å². The number of nitrogens with one attached hydrogen (secondary N) is 2. The molecule has 0 bridgehead atoms. The summed E-state index contributed by atoms with van der Waals surface area (Å²) in [6.45, 7) is 5.13. The summed E-state index contributed by atoms with van der Waals surface area (Å²) >= 11 is 0. The first kappa shape index (κ1) is 15.7. The Bertz CT molecular complexity index is 417. The van der Waals surface area contributed by atoms with E-state index in [1.165, 1.54) is 5.57 Å². The number of rotatable bonds is 8. The van der Waals surface area contributed by atoms with Gasteiger partial charge >= 0.3 is 0 Å². The molecule has 0 atom stereocenters. The Balaban J connectivity index is 3.12. The molecule has 4 heteroatoms. The van der Waals surface area contributed by atoms with Gasteiger partial charge in [0, 0.05) is 5.56 Å². The van der Waals surface area contributed by atoms with Crippen LogP contribution in [-0.4, -0.2) is 18.8 Å². The van der Waals surface area contributed by atoms with Crippen molar-refractivity contribution in [1.82, 2.24) is 11.0 Å². The molecule has 0 aromatic heterocycles. The molecule has 0 aliphatic heterocycles. The lowest BCUT2D eigenvalue weighted by Gasteiger charge is -2.15. The number of hydrogen-bond donors (Lipinski definition) is 3. The van der Waals surface area contributed by atoms with Crippen LogP contribution in [0.4, 0.5) is 0 Å². The molecular weight excluding hydrogens is 240 g/mol. The highest BCUT2D eigenvalue weighted by Gasteiger charge is 2.12. The minimum Gasteiger partial charge on any atom is -0.383 e. The number of aryl methyl sites for hydroxylation is 1. The van der Waals surface area contributed by atoms with Crippen molar-refractivity contribution in [3.63, 3.8) is 0 Å². The van der Waals surface area contributed by atoms with E-state index in [0.29, 0.717) is 5.75 Å². The summed E-state index contributed by atoms with van der Waals surface area (Å²) in [5.74, 6) is 0.654. The fourth-order valence-corrected chi connectivity index (χ4v) is 2.09. The van der Waals surface area contributed by atoms with Crippen molar-refractivity contribution in [3.8, 4) is 5.75 Å². The topological polar surface area (TPSA) is 53.5 Å². The number of unbranched alkanes of at least 4 members (excludes halogenated alkanes) is 1. The predicted molar refractivity (Wildman–Crippen MR) is 78.2 cm³/mol. The first-order chi connectivity index (χ1) is 9.24. The average molecular weight is 264 g/mol. The molecule has 0 aliphatic carbocycles.